The molecule has 0 aliphatic carbocycles. The van der Waals surface area contributed by atoms with Gasteiger partial charge in [0.15, 0.2) is 0 Å². The van der Waals surface area contributed by atoms with Crippen LogP contribution in [0.4, 0.5) is 0 Å². The number of benzene rings is 1. The highest BCUT2D eigenvalue weighted by Crippen LogP contribution is 2.20. The predicted octanol–water partition coefficient (Wildman–Crippen LogP) is 1.94. The quantitative estimate of drug-likeness (QED) is 0.840. The van der Waals surface area contributed by atoms with Gasteiger partial charge in [-0.05, 0) is 17.7 Å². The second-order valence-electron chi connectivity index (χ2n) is 3.03. The Hall–Kier alpha value is -0.420. The summed E-state index contributed by atoms with van der Waals surface area (Å²) < 4.78 is 1.07. The van der Waals surface area contributed by atoms with E-state index < -0.39 is 0 Å². The molecule has 1 atom stereocenters. The first-order valence-electron chi connectivity index (χ1n) is 4.41. The Kier molecular flexibility index (Phi) is 4.54. The average Bonchev–Trinajstić information content (AvgIpc) is 2.21. The summed E-state index contributed by atoms with van der Waals surface area (Å²) in [5.74, 6) is 0. The van der Waals surface area contributed by atoms with Gasteiger partial charge in [0.05, 0.1) is 13.2 Å². The normalized spacial score (nSPS) is 13.2. The molecular weight excluding hydrogens is 244 g/mol. The Morgan fingerprint density at radius 3 is 2.43 bits per heavy atom. The number of likely N-dealkylation sites (N-methyl/N-ethyl adjacent to an activating group) is 1. The molecule has 78 valence electrons. The molecule has 0 aliphatic heterocycles. The largest absolute Gasteiger partial charge is 0.329 e. The van der Waals surface area contributed by atoms with Crippen molar-refractivity contribution in [3.8, 4) is 0 Å². The summed E-state index contributed by atoms with van der Waals surface area (Å²) in [5, 5.41) is 1.75. The standard InChI is InChI=1S/C10H15BrN2O/c1-13(14-2)10(7-12)8-3-5-9(11)6-4-8/h3-6,10H,7,12H2,1-2H3. The zero-order valence-electron chi connectivity index (χ0n) is 8.40. The van der Waals surface area contributed by atoms with Gasteiger partial charge in [0.1, 0.15) is 0 Å². The van der Waals surface area contributed by atoms with Crippen LogP contribution in [0.25, 0.3) is 0 Å². The van der Waals surface area contributed by atoms with Crippen LogP contribution in [0.5, 0.6) is 0 Å². The van der Waals surface area contributed by atoms with E-state index >= 15 is 0 Å². The molecule has 4 heteroatoms. The molecule has 3 nitrogen and oxygen atoms in total. The minimum absolute atomic E-state index is 0.105. The monoisotopic (exact) mass is 258 g/mol. The highest BCUT2D eigenvalue weighted by atomic mass is 79.9. The predicted molar refractivity (Wildman–Crippen MR) is 60.7 cm³/mol. The fourth-order valence-electron chi connectivity index (χ4n) is 1.31. The van der Waals surface area contributed by atoms with Gasteiger partial charge in [0.2, 0.25) is 0 Å². The van der Waals surface area contributed by atoms with E-state index in [1.807, 2.05) is 31.3 Å². The van der Waals surface area contributed by atoms with Gasteiger partial charge < -0.3 is 10.6 Å². The maximum Gasteiger partial charge on any atom is 0.0721 e. The Bertz CT molecular complexity index is 276. The Morgan fingerprint density at radius 1 is 1.43 bits per heavy atom. The van der Waals surface area contributed by atoms with Gasteiger partial charge >= 0.3 is 0 Å². The fraction of sp³-hybridized carbons (Fsp3) is 0.400. The molecular formula is C10H15BrN2O. The van der Waals surface area contributed by atoms with Gasteiger partial charge in [-0.2, -0.15) is 5.06 Å². The average molecular weight is 259 g/mol. The molecule has 1 unspecified atom stereocenters. The van der Waals surface area contributed by atoms with Crippen molar-refractivity contribution < 1.29 is 4.84 Å². The fourth-order valence-corrected chi connectivity index (χ4v) is 1.57. The number of hydroxylamine groups is 2. The zero-order chi connectivity index (χ0) is 10.6. The summed E-state index contributed by atoms with van der Waals surface area (Å²) in [6.45, 7) is 0.534. The van der Waals surface area contributed by atoms with Gasteiger partial charge in [-0.15, -0.1) is 0 Å². The molecule has 0 aliphatic rings. The lowest BCUT2D eigenvalue weighted by Crippen LogP contribution is -2.29. The molecule has 0 fully saturated rings. The lowest BCUT2D eigenvalue weighted by atomic mass is 10.1. The van der Waals surface area contributed by atoms with Crippen LogP contribution < -0.4 is 5.73 Å². The molecule has 0 spiro atoms. The summed E-state index contributed by atoms with van der Waals surface area (Å²) in [6.07, 6.45) is 0. The molecule has 0 aromatic heterocycles. The maximum absolute atomic E-state index is 5.69. The van der Waals surface area contributed by atoms with Crippen molar-refractivity contribution in [1.29, 1.82) is 0 Å². The van der Waals surface area contributed by atoms with Crippen molar-refractivity contribution in [2.45, 2.75) is 6.04 Å². The van der Waals surface area contributed by atoms with Crippen molar-refractivity contribution in [3.05, 3.63) is 34.3 Å². The number of rotatable bonds is 4. The van der Waals surface area contributed by atoms with Crippen molar-refractivity contribution in [2.75, 3.05) is 20.7 Å². The molecule has 0 amide bonds. The summed E-state index contributed by atoms with van der Waals surface area (Å²) in [5.41, 5.74) is 6.84. The smallest absolute Gasteiger partial charge is 0.0721 e. The van der Waals surface area contributed by atoms with E-state index in [0.717, 1.165) is 10.0 Å². The van der Waals surface area contributed by atoms with Crippen LogP contribution in [0.3, 0.4) is 0 Å². The van der Waals surface area contributed by atoms with Crippen LogP contribution in [0, 0.1) is 0 Å². The molecule has 2 N–H and O–H groups in total. The second kappa shape index (κ2) is 5.46. The third-order valence-corrected chi connectivity index (χ3v) is 2.73. The van der Waals surface area contributed by atoms with E-state index in [9.17, 15) is 0 Å². The third-order valence-electron chi connectivity index (χ3n) is 2.20. The third kappa shape index (κ3) is 2.78. The van der Waals surface area contributed by atoms with E-state index in [2.05, 4.69) is 15.9 Å². The van der Waals surface area contributed by atoms with Crippen LogP contribution in [0.2, 0.25) is 0 Å². The van der Waals surface area contributed by atoms with E-state index in [1.165, 1.54) is 0 Å². The van der Waals surface area contributed by atoms with E-state index in [1.54, 1.807) is 12.2 Å². The summed E-state index contributed by atoms with van der Waals surface area (Å²) >= 11 is 3.39. The highest BCUT2D eigenvalue weighted by molar-refractivity contribution is 9.10. The van der Waals surface area contributed by atoms with Crippen LogP contribution in [-0.4, -0.2) is 25.8 Å². The Labute approximate surface area is 92.9 Å². The first kappa shape index (κ1) is 11.7. The Morgan fingerprint density at radius 2 is 2.00 bits per heavy atom. The van der Waals surface area contributed by atoms with Crippen molar-refractivity contribution >= 4 is 15.9 Å². The highest BCUT2D eigenvalue weighted by Gasteiger charge is 2.14. The lowest BCUT2D eigenvalue weighted by molar-refractivity contribution is -0.140. The van der Waals surface area contributed by atoms with E-state index in [4.69, 9.17) is 10.6 Å². The van der Waals surface area contributed by atoms with Crippen molar-refractivity contribution in [1.82, 2.24) is 5.06 Å². The zero-order valence-corrected chi connectivity index (χ0v) is 9.99. The molecule has 1 aromatic carbocycles. The van der Waals surface area contributed by atoms with Crippen LogP contribution >= 0.6 is 15.9 Å². The van der Waals surface area contributed by atoms with Crippen LogP contribution in [0.1, 0.15) is 11.6 Å². The number of nitrogens with zero attached hydrogens (tertiary/aromatic N) is 1. The second-order valence-corrected chi connectivity index (χ2v) is 3.95. The number of nitrogens with two attached hydrogens (primary N) is 1. The molecule has 14 heavy (non-hydrogen) atoms. The molecule has 1 aromatic rings. The van der Waals surface area contributed by atoms with Crippen molar-refractivity contribution in [2.24, 2.45) is 5.73 Å². The van der Waals surface area contributed by atoms with E-state index in [-0.39, 0.29) is 6.04 Å². The van der Waals surface area contributed by atoms with E-state index in [0.29, 0.717) is 6.54 Å². The van der Waals surface area contributed by atoms with Gasteiger partial charge in [0.25, 0.3) is 0 Å². The maximum atomic E-state index is 5.69. The topological polar surface area (TPSA) is 38.5 Å². The Balaban J connectivity index is 2.84. The molecule has 0 heterocycles. The molecule has 0 saturated heterocycles. The first-order chi connectivity index (χ1) is 6.69. The van der Waals surface area contributed by atoms with Crippen LogP contribution in [0.15, 0.2) is 28.7 Å². The van der Waals surface area contributed by atoms with Crippen molar-refractivity contribution in [3.63, 3.8) is 0 Å². The number of halogens is 1. The SMILES string of the molecule is CON(C)C(CN)c1ccc(Br)cc1. The van der Waals surface area contributed by atoms with Gasteiger partial charge in [0, 0.05) is 18.1 Å². The summed E-state index contributed by atoms with van der Waals surface area (Å²) in [4.78, 5) is 5.13. The van der Waals surface area contributed by atoms with Gasteiger partial charge in [-0.1, -0.05) is 28.1 Å². The summed E-state index contributed by atoms with van der Waals surface area (Å²) in [6, 6.07) is 8.19. The minimum atomic E-state index is 0.105. The minimum Gasteiger partial charge on any atom is -0.329 e. The molecule has 0 radical (unpaired) electrons. The van der Waals surface area contributed by atoms with Gasteiger partial charge in [-0.3, -0.25) is 0 Å². The number of hydrogen-bond acceptors (Lipinski definition) is 3. The molecule has 1 rings (SSSR count). The number of hydrogen-bond donors (Lipinski definition) is 1. The lowest BCUT2D eigenvalue weighted by Gasteiger charge is -2.24. The molecule has 0 saturated carbocycles. The van der Waals surface area contributed by atoms with Gasteiger partial charge in [-0.25, -0.2) is 0 Å². The summed E-state index contributed by atoms with van der Waals surface area (Å²) in [7, 11) is 3.51. The van der Waals surface area contributed by atoms with Crippen LogP contribution in [-0.2, 0) is 4.84 Å². The first-order valence-corrected chi connectivity index (χ1v) is 5.20. The molecule has 0 bridgehead atoms.